The normalized spacial score (nSPS) is 20.5. The van der Waals surface area contributed by atoms with E-state index in [4.69, 9.17) is 0 Å². The number of hydrogen-bond acceptors (Lipinski definition) is 6. The molecule has 0 amide bonds. The van der Waals surface area contributed by atoms with Gasteiger partial charge in [-0.15, -0.1) is 0 Å². The van der Waals surface area contributed by atoms with E-state index in [1.807, 2.05) is 0 Å². The number of aryl methyl sites for hydroxylation is 1. The molecule has 0 aliphatic carbocycles. The minimum absolute atomic E-state index is 0.0160. The molecule has 2 N–H and O–H groups in total. The van der Waals surface area contributed by atoms with E-state index in [0.29, 0.717) is 24.1 Å². The summed E-state index contributed by atoms with van der Waals surface area (Å²) in [5.41, 5.74) is -0.157. The summed E-state index contributed by atoms with van der Waals surface area (Å²) in [6, 6.07) is 4.49. The number of pyridine rings is 1. The van der Waals surface area contributed by atoms with Crippen molar-refractivity contribution in [1.29, 1.82) is 0 Å². The maximum Gasteiger partial charge on any atom is 0.416 e. The van der Waals surface area contributed by atoms with Crippen LogP contribution in [0.1, 0.15) is 18.9 Å². The minimum Gasteiger partial charge on any atom is -0.368 e. The molecule has 1 aliphatic rings. The predicted octanol–water partition coefficient (Wildman–Crippen LogP) is 2.51. The first-order valence-corrected chi connectivity index (χ1v) is 11.2. The van der Waals surface area contributed by atoms with Crippen LogP contribution in [0, 0.1) is 0 Å². The summed E-state index contributed by atoms with van der Waals surface area (Å²) in [6.45, 7) is 1.94. The van der Waals surface area contributed by atoms with E-state index >= 15 is 0 Å². The molecule has 1 aromatic carbocycles. The summed E-state index contributed by atoms with van der Waals surface area (Å²) in [4.78, 5) is 21.5. The summed E-state index contributed by atoms with van der Waals surface area (Å²) in [6.07, 6.45) is -1.36. The number of nitrogens with zero attached hydrogens (tertiary/aromatic N) is 3. The Morgan fingerprint density at radius 3 is 2.50 bits per heavy atom. The molecule has 3 aromatic rings. The SMILES string of the molecule is Cn1cnc2c(-c3ccc(C(F)(F)F)cc3)cnc(NCC3(C)CCNS3(=O)=O)c2c1=O. The van der Waals surface area contributed by atoms with E-state index in [2.05, 4.69) is 20.0 Å². The minimum atomic E-state index is -4.47. The number of halogens is 3. The Bertz CT molecular complexity index is 1350. The standard InChI is InChI=1S/C20H20F3N5O3S/c1-19(7-8-27-32(19,30)31)10-25-17-15-16(26-11-28(2)18(15)29)14(9-24-17)12-3-5-13(6-4-12)20(21,22)23/h3-6,9,11,27H,7-8,10H2,1-2H3,(H,24,25). The van der Waals surface area contributed by atoms with E-state index in [1.54, 1.807) is 6.92 Å². The number of aromatic nitrogens is 3. The average molecular weight is 467 g/mol. The van der Waals surface area contributed by atoms with E-state index in [1.165, 1.54) is 36.3 Å². The molecule has 170 valence electrons. The van der Waals surface area contributed by atoms with Crippen LogP contribution in [-0.4, -0.2) is 40.8 Å². The Balaban J connectivity index is 1.79. The van der Waals surface area contributed by atoms with Crippen molar-refractivity contribution in [2.24, 2.45) is 7.05 Å². The molecule has 3 heterocycles. The number of nitrogens with one attached hydrogen (secondary N) is 2. The first-order valence-electron chi connectivity index (χ1n) is 9.68. The third-order valence-electron chi connectivity index (χ3n) is 5.69. The van der Waals surface area contributed by atoms with Crippen molar-refractivity contribution in [3.63, 3.8) is 0 Å². The third-order valence-corrected chi connectivity index (χ3v) is 7.92. The molecule has 12 heteroatoms. The largest absolute Gasteiger partial charge is 0.416 e. The molecule has 32 heavy (non-hydrogen) atoms. The van der Waals surface area contributed by atoms with Crippen LogP contribution in [0.5, 0.6) is 0 Å². The third kappa shape index (κ3) is 3.73. The second kappa shape index (κ2) is 7.55. The number of sulfonamides is 1. The van der Waals surface area contributed by atoms with Gasteiger partial charge in [0.15, 0.2) is 0 Å². The van der Waals surface area contributed by atoms with Gasteiger partial charge in [-0.3, -0.25) is 4.79 Å². The van der Waals surface area contributed by atoms with Crippen LogP contribution in [0.2, 0.25) is 0 Å². The fraction of sp³-hybridized carbons (Fsp3) is 0.350. The lowest BCUT2D eigenvalue weighted by atomic mass is 10.0. The smallest absolute Gasteiger partial charge is 0.368 e. The van der Waals surface area contributed by atoms with Gasteiger partial charge in [0.2, 0.25) is 10.0 Å². The van der Waals surface area contributed by atoms with Crippen molar-refractivity contribution in [1.82, 2.24) is 19.3 Å². The summed E-state index contributed by atoms with van der Waals surface area (Å²) < 4.78 is 65.9. The summed E-state index contributed by atoms with van der Waals surface area (Å²) >= 11 is 0. The molecule has 1 aliphatic heterocycles. The summed E-state index contributed by atoms with van der Waals surface area (Å²) in [5, 5.41) is 3.09. The zero-order valence-corrected chi connectivity index (χ0v) is 18.0. The topological polar surface area (TPSA) is 106 Å². The van der Waals surface area contributed by atoms with E-state index < -0.39 is 32.1 Å². The van der Waals surface area contributed by atoms with Crippen molar-refractivity contribution < 1.29 is 21.6 Å². The Morgan fingerprint density at radius 1 is 1.22 bits per heavy atom. The van der Waals surface area contributed by atoms with Gasteiger partial charge in [-0.25, -0.2) is 23.1 Å². The van der Waals surface area contributed by atoms with Crippen LogP contribution < -0.4 is 15.6 Å². The summed E-state index contributed by atoms with van der Waals surface area (Å²) in [7, 11) is -2.02. The van der Waals surface area contributed by atoms with Gasteiger partial charge in [-0.1, -0.05) is 12.1 Å². The van der Waals surface area contributed by atoms with Gasteiger partial charge >= 0.3 is 6.18 Å². The quantitative estimate of drug-likeness (QED) is 0.611. The molecule has 0 spiro atoms. The van der Waals surface area contributed by atoms with Gasteiger partial charge < -0.3 is 9.88 Å². The maximum atomic E-state index is 12.9. The van der Waals surface area contributed by atoms with Crippen molar-refractivity contribution in [3.05, 3.63) is 52.7 Å². The molecule has 2 aromatic heterocycles. The molecule has 1 saturated heterocycles. The van der Waals surface area contributed by atoms with Crippen LogP contribution in [0.15, 0.2) is 41.6 Å². The maximum absolute atomic E-state index is 12.9. The molecule has 8 nitrogen and oxygen atoms in total. The zero-order chi connectivity index (χ0) is 23.3. The zero-order valence-electron chi connectivity index (χ0n) is 17.2. The summed E-state index contributed by atoms with van der Waals surface area (Å²) in [5.74, 6) is 0.160. The van der Waals surface area contributed by atoms with Gasteiger partial charge in [0.05, 0.1) is 17.4 Å². The Kier molecular flexibility index (Phi) is 5.24. The molecule has 4 rings (SSSR count). The molecule has 1 atom stereocenters. The monoisotopic (exact) mass is 467 g/mol. The number of benzene rings is 1. The van der Waals surface area contributed by atoms with Crippen LogP contribution in [0.3, 0.4) is 0 Å². The molecular weight excluding hydrogens is 447 g/mol. The average Bonchev–Trinajstić information content (AvgIpc) is 3.00. The van der Waals surface area contributed by atoms with Gasteiger partial charge in [0.25, 0.3) is 5.56 Å². The van der Waals surface area contributed by atoms with Gasteiger partial charge in [-0.05, 0) is 31.0 Å². The molecule has 0 saturated carbocycles. The number of rotatable bonds is 4. The first-order chi connectivity index (χ1) is 14.9. The molecule has 0 bridgehead atoms. The Labute approximate surface area is 181 Å². The second-order valence-electron chi connectivity index (χ2n) is 7.93. The van der Waals surface area contributed by atoms with Gasteiger partial charge in [-0.2, -0.15) is 13.2 Å². The molecular formula is C20H20F3N5O3S. The van der Waals surface area contributed by atoms with Crippen molar-refractivity contribution in [2.75, 3.05) is 18.4 Å². The predicted molar refractivity (Wildman–Crippen MR) is 114 cm³/mol. The first kappa shape index (κ1) is 22.2. The highest BCUT2D eigenvalue weighted by Gasteiger charge is 2.43. The highest BCUT2D eigenvalue weighted by Crippen LogP contribution is 2.33. The van der Waals surface area contributed by atoms with Crippen molar-refractivity contribution >= 4 is 26.7 Å². The lowest BCUT2D eigenvalue weighted by Gasteiger charge is -2.23. The lowest BCUT2D eigenvalue weighted by molar-refractivity contribution is -0.137. The van der Waals surface area contributed by atoms with Gasteiger partial charge in [0.1, 0.15) is 16.0 Å². The highest BCUT2D eigenvalue weighted by atomic mass is 32.2. The molecule has 1 fully saturated rings. The molecule has 1 unspecified atom stereocenters. The number of hydrogen-bond donors (Lipinski definition) is 2. The van der Waals surface area contributed by atoms with Gasteiger partial charge in [0, 0.05) is 31.9 Å². The number of fused-ring (bicyclic) bond motifs is 1. The Morgan fingerprint density at radius 2 is 1.91 bits per heavy atom. The fourth-order valence-electron chi connectivity index (χ4n) is 3.61. The van der Waals surface area contributed by atoms with Crippen LogP contribution in [0.4, 0.5) is 19.0 Å². The lowest BCUT2D eigenvalue weighted by Crippen LogP contribution is -2.41. The fourth-order valence-corrected chi connectivity index (χ4v) is 4.96. The van der Waals surface area contributed by atoms with Crippen LogP contribution in [0.25, 0.3) is 22.0 Å². The molecule has 0 radical (unpaired) electrons. The van der Waals surface area contributed by atoms with E-state index in [0.717, 1.165) is 12.1 Å². The van der Waals surface area contributed by atoms with Crippen molar-refractivity contribution in [2.45, 2.75) is 24.3 Å². The van der Waals surface area contributed by atoms with Crippen LogP contribution in [-0.2, 0) is 23.2 Å². The number of anilines is 1. The van der Waals surface area contributed by atoms with Crippen molar-refractivity contribution in [3.8, 4) is 11.1 Å². The van der Waals surface area contributed by atoms with E-state index in [-0.39, 0.29) is 23.3 Å². The second-order valence-corrected chi connectivity index (χ2v) is 10.2. The Hall–Kier alpha value is -2.99. The van der Waals surface area contributed by atoms with E-state index in [9.17, 15) is 26.4 Å². The highest BCUT2D eigenvalue weighted by molar-refractivity contribution is 7.91. The number of alkyl halides is 3. The van der Waals surface area contributed by atoms with Crippen LogP contribution >= 0.6 is 0 Å².